The summed E-state index contributed by atoms with van der Waals surface area (Å²) in [6, 6.07) is 17.7. The van der Waals surface area contributed by atoms with Crippen LogP contribution in [-0.4, -0.2) is 95.6 Å². The van der Waals surface area contributed by atoms with Gasteiger partial charge in [0, 0.05) is 57.8 Å². The first-order chi connectivity index (χ1) is 39.9. The summed E-state index contributed by atoms with van der Waals surface area (Å²) >= 11 is 5.93. The standard InChI is InChI=1S/C20H16F2INO4.C18H14F2INO4.C15H8F2INO3.C4H9NO2.ClH/c1-2-26-5-6-27-10-17(25)14-9-18-20(24-11-28-18)19(22)15(14)7-12-3-4-13(23)8-16(12)21;19-14-6-11(21)2-1-10(14)5-13-12(15(24)8-25-4-3-23)7-16-18(17(13)20)22-9-26-16;16-11-4-8(18)2-1-7(11)3-9-10(15(20)21)5-12-14(13(9)17)19-6-22-12;1-2-6-3-4-7-5;/h2-4,8-9,11H,1,5-7,10H2;1-2,6-7,9,23H,3-5,8H2;1-2,4-6H,3H2,(H,20,21);2H,1,3-5H2;1H. The molecule has 0 aliphatic heterocycles. The van der Waals surface area contributed by atoms with Gasteiger partial charge in [-0.1, -0.05) is 31.4 Å². The molecule has 0 bridgehead atoms. The summed E-state index contributed by atoms with van der Waals surface area (Å²) in [4.78, 5) is 52.0. The summed E-state index contributed by atoms with van der Waals surface area (Å²) in [5.41, 5.74) is 0.799. The second kappa shape index (κ2) is 33.8. The topological polar surface area (TPSA) is 242 Å². The molecule has 0 fully saturated rings. The van der Waals surface area contributed by atoms with Crippen LogP contribution in [0.3, 0.4) is 0 Å². The molecule has 3 aromatic heterocycles. The van der Waals surface area contributed by atoms with Gasteiger partial charge in [0.2, 0.25) is 0 Å². The second-order valence-corrected chi connectivity index (χ2v) is 20.6. The number of oxazole rings is 3. The zero-order chi connectivity index (χ0) is 60.2. The first-order valence-electron chi connectivity index (χ1n) is 24.2. The number of carboxylic acids is 1. The zero-order valence-corrected chi connectivity index (χ0v) is 50.9. The van der Waals surface area contributed by atoms with Gasteiger partial charge in [-0.05, 0) is 139 Å². The largest absolute Gasteiger partial charge is 0.499 e. The highest BCUT2D eigenvalue weighted by Crippen LogP contribution is 2.31. The third kappa shape index (κ3) is 18.5. The van der Waals surface area contributed by atoms with E-state index in [1.807, 2.05) is 67.8 Å². The number of aromatic carboxylic acids is 1. The maximum atomic E-state index is 15.0. The highest BCUT2D eigenvalue weighted by molar-refractivity contribution is 14.1. The Bertz CT molecular complexity index is 3760. The Balaban J connectivity index is 0.000000218. The van der Waals surface area contributed by atoms with Gasteiger partial charge in [0.1, 0.15) is 67.0 Å². The van der Waals surface area contributed by atoms with Crippen LogP contribution >= 0.6 is 80.2 Å². The number of halogens is 10. The molecule has 0 radical (unpaired) electrons. The van der Waals surface area contributed by atoms with Crippen molar-refractivity contribution in [3.63, 3.8) is 0 Å². The molecule has 84 heavy (non-hydrogen) atoms. The molecule has 6 aromatic carbocycles. The number of ketones is 2. The molecule has 3 heterocycles. The van der Waals surface area contributed by atoms with Crippen LogP contribution < -0.4 is 5.90 Å². The fraction of sp³-hybridized carbons (Fsp3) is 0.193. The first-order valence-corrected chi connectivity index (χ1v) is 27.4. The van der Waals surface area contributed by atoms with Gasteiger partial charge in [0.05, 0.1) is 37.9 Å². The van der Waals surface area contributed by atoms with Gasteiger partial charge in [-0.15, -0.1) is 12.4 Å². The van der Waals surface area contributed by atoms with E-state index in [1.54, 1.807) is 30.3 Å². The van der Waals surface area contributed by atoms with Gasteiger partial charge >= 0.3 is 5.97 Å². The highest BCUT2D eigenvalue weighted by Gasteiger charge is 2.25. The number of Topliss-reactive ketones (excluding diaryl/α,β-unsaturated/α-hetero) is 2. The maximum absolute atomic E-state index is 15.0. The van der Waals surface area contributed by atoms with Crippen LogP contribution in [-0.2, 0) is 43.0 Å². The van der Waals surface area contributed by atoms with Gasteiger partial charge in [-0.25, -0.2) is 52.0 Å². The number of carboxylic acid groups (broad SMARTS) is 1. The van der Waals surface area contributed by atoms with Crippen LogP contribution in [0, 0.1) is 45.6 Å². The monoisotopic (exact) mass is 1530 g/mol. The Labute approximate surface area is 521 Å². The number of aliphatic hydroxyl groups is 1. The molecule has 27 heteroatoms. The Morgan fingerprint density at radius 3 is 1.21 bits per heavy atom. The van der Waals surface area contributed by atoms with Crippen LogP contribution in [0.1, 0.15) is 64.5 Å². The number of rotatable bonds is 23. The van der Waals surface area contributed by atoms with Crippen LogP contribution in [0.25, 0.3) is 33.3 Å². The van der Waals surface area contributed by atoms with Crippen molar-refractivity contribution in [3.05, 3.63) is 213 Å². The number of aromatic nitrogens is 3. The number of hydrogen-bond donors (Lipinski definition) is 3. The van der Waals surface area contributed by atoms with E-state index < -0.39 is 52.4 Å². The maximum Gasteiger partial charge on any atom is 0.336 e. The average molecular weight is 1530 g/mol. The minimum atomic E-state index is -1.31. The molecule has 0 amide bonds. The third-order valence-electron chi connectivity index (χ3n) is 11.6. The van der Waals surface area contributed by atoms with Crippen molar-refractivity contribution in [1.82, 2.24) is 15.0 Å². The van der Waals surface area contributed by atoms with E-state index in [-0.39, 0.29) is 155 Å². The molecule has 4 N–H and O–H groups in total. The number of ether oxygens (including phenoxy) is 4. The number of hydrogen-bond acceptors (Lipinski definition) is 16. The van der Waals surface area contributed by atoms with Crippen LogP contribution in [0.15, 0.2) is 131 Å². The first kappa shape index (κ1) is 68.3. The quantitative estimate of drug-likeness (QED) is 0.0135. The number of benzene rings is 6. The van der Waals surface area contributed by atoms with Gasteiger partial charge in [-0.3, -0.25) is 9.59 Å². The molecule has 444 valence electrons. The van der Waals surface area contributed by atoms with Crippen LogP contribution in [0.2, 0.25) is 0 Å². The van der Waals surface area contributed by atoms with Gasteiger partial charge in [0.15, 0.2) is 64.9 Å². The lowest BCUT2D eigenvalue weighted by atomic mass is 9.95. The summed E-state index contributed by atoms with van der Waals surface area (Å²) in [5.74, 6) is -1.28. The van der Waals surface area contributed by atoms with Crippen molar-refractivity contribution >= 4 is 131 Å². The molecule has 0 saturated heterocycles. The number of nitrogens with zero attached hydrogens (tertiary/aromatic N) is 3. The van der Waals surface area contributed by atoms with Gasteiger partial charge < -0.3 is 47.2 Å². The molecule has 9 rings (SSSR count). The van der Waals surface area contributed by atoms with E-state index >= 15 is 4.39 Å². The van der Waals surface area contributed by atoms with Crippen molar-refractivity contribution in [2.75, 3.05) is 52.9 Å². The average Bonchev–Trinajstić information content (AvgIpc) is 2.43. The van der Waals surface area contributed by atoms with Crippen LogP contribution in [0.5, 0.6) is 0 Å². The normalized spacial score (nSPS) is 10.7. The Kier molecular flexibility index (Phi) is 27.5. The fourth-order valence-corrected chi connectivity index (χ4v) is 9.06. The smallest absolute Gasteiger partial charge is 0.336 e. The summed E-state index contributed by atoms with van der Waals surface area (Å²) in [7, 11) is 0. The number of aliphatic hydroxyl groups excluding tert-OH is 1. The summed E-state index contributed by atoms with van der Waals surface area (Å²) in [5, 5.41) is 18.0. The van der Waals surface area contributed by atoms with E-state index in [4.69, 9.17) is 32.6 Å². The minimum absolute atomic E-state index is 0. The Morgan fingerprint density at radius 2 is 0.881 bits per heavy atom. The Morgan fingerprint density at radius 1 is 0.536 bits per heavy atom. The van der Waals surface area contributed by atoms with Crippen molar-refractivity contribution in [2.24, 2.45) is 5.90 Å². The molecule has 0 atom stereocenters. The van der Waals surface area contributed by atoms with Gasteiger partial charge in [0.25, 0.3) is 0 Å². The summed E-state index contributed by atoms with van der Waals surface area (Å²) in [6.45, 7) is 7.16. The molecular formula is C57H48ClF6I3N4O13. The molecular weight excluding hydrogens is 1480 g/mol. The molecule has 17 nitrogen and oxygen atoms in total. The zero-order valence-electron chi connectivity index (χ0n) is 43.6. The lowest BCUT2D eigenvalue weighted by molar-refractivity contribution is 0.0637. The fourth-order valence-electron chi connectivity index (χ4n) is 7.70. The number of carbonyl (C=O) groups is 3. The Hall–Kier alpha value is -6.52. The second-order valence-electron chi connectivity index (χ2n) is 16.9. The van der Waals surface area contributed by atoms with Crippen molar-refractivity contribution in [2.45, 2.75) is 19.3 Å². The number of fused-ring (bicyclic) bond motifs is 3. The van der Waals surface area contributed by atoms with Crippen LogP contribution in [0.4, 0.5) is 26.3 Å². The molecule has 0 aliphatic carbocycles. The van der Waals surface area contributed by atoms with E-state index in [9.17, 15) is 41.4 Å². The minimum Gasteiger partial charge on any atom is -0.499 e. The molecule has 0 unspecified atom stereocenters. The predicted octanol–water partition coefficient (Wildman–Crippen LogP) is 12.6. The van der Waals surface area contributed by atoms with Crippen molar-refractivity contribution in [1.29, 1.82) is 0 Å². The molecule has 0 spiro atoms. The van der Waals surface area contributed by atoms with Crippen molar-refractivity contribution < 1.29 is 88.0 Å². The highest BCUT2D eigenvalue weighted by atomic mass is 127. The van der Waals surface area contributed by atoms with Crippen molar-refractivity contribution in [3.8, 4) is 0 Å². The molecule has 9 aromatic rings. The number of nitrogens with two attached hydrogens (primary N) is 1. The molecule has 0 aliphatic rings. The molecule has 0 saturated carbocycles. The number of carbonyl (C=O) groups excluding carboxylic acids is 2. The lowest BCUT2D eigenvalue weighted by Gasteiger charge is -2.12. The predicted molar refractivity (Wildman–Crippen MR) is 322 cm³/mol. The SMILES string of the molecule is C=COCCOCC(=O)c1cc2ocnc2c(F)c1Cc1ccc(I)cc1F.C=COCCON.Cl.O=C(COCCO)c1cc2ocnc2c(F)c1Cc1ccc(I)cc1F.O=C(O)c1cc2ocnc2c(F)c1Cc1ccc(I)cc1F. The van der Waals surface area contributed by atoms with E-state index in [0.717, 1.165) is 22.8 Å². The summed E-state index contributed by atoms with van der Waals surface area (Å²) < 4.78 is 124. The van der Waals surface area contributed by atoms with E-state index in [2.05, 4.69) is 43.6 Å². The van der Waals surface area contributed by atoms with E-state index in [0.29, 0.717) is 20.4 Å². The third-order valence-corrected chi connectivity index (χ3v) is 13.6. The van der Waals surface area contributed by atoms with E-state index in [1.165, 1.54) is 55.0 Å². The van der Waals surface area contributed by atoms with Gasteiger partial charge in [-0.2, -0.15) is 0 Å². The summed E-state index contributed by atoms with van der Waals surface area (Å²) in [6.07, 6.45) is 5.44. The lowest BCUT2D eigenvalue weighted by Crippen LogP contribution is -2.15.